The Hall–Kier alpha value is -1.69. The molecule has 0 aliphatic heterocycles. The number of amides is 1. The summed E-state index contributed by atoms with van der Waals surface area (Å²) in [5.74, 6) is 0.612. The number of carbonyl (C=O) groups is 1. The van der Waals surface area contributed by atoms with Gasteiger partial charge in [0.15, 0.2) is 0 Å². The van der Waals surface area contributed by atoms with E-state index in [2.05, 4.69) is 25.5 Å². The molecule has 0 atom stereocenters. The van der Waals surface area contributed by atoms with Gasteiger partial charge >= 0.3 is 0 Å². The predicted molar refractivity (Wildman–Crippen MR) is 83.4 cm³/mol. The summed E-state index contributed by atoms with van der Waals surface area (Å²) in [6.07, 6.45) is 7.26. The molecular formula is C15H25N5O. The molecule has 6 nitrogen and oxygen atoms in total. The van der Waals surface area contributed by atoms with Crippen LogP contribution in [-0.4, -0.2) is 54.0 Å². The van der Waals surface area contributed by atoms with E-state index in [1.807, 2.05) is 14.1 Å². The highest BCUT2D eigenvalue weighted by Gasteiger charge is 2.16. The minimum Gasteiger partial charge on any atom is -0.367 e. The minimum atomic E-state index is -0.134. The predicted octanol–water partition coefficient (Wildman–Crippen LogP) is 1.51. The van der Waals surface area contributed by atoms with Gasteiger partial charge in [0, 0.05) is 18.7 Å². The molecule has 1 aromatic heterocycles. The van der Waals surface area contributed by atoms with Crippen molar-refractivity contribution >= 4 is 11.7 Å². The van der Waals surface area contributed by atoms with Crippen molar-refractivity contribution in [1.29, 1.82) is 0 Å². The fraction of sp³-hybridized carbons (Fsp3) is 0.667. The van der Waals surface area contributed by atoms with Gasteiger partial charge in [-0.1, -0.05) is 12.8 Å². The number of nitrogens with zero attached hydrogens (tertiary/aromatic N) is 3. The average Bonchev–Trinajstić information content (AvgIpc) is 2.96. The van der Waals surface area contributed by atoms with E-state index in [1.54, 1.807) is 6.07 Å². The van der Waals surface area contributed by atoms with Gasteiger partial charge < -0.3 is 15.5 Å². The van der Waals surface area contributed by atoms with Crippen molar-refractivity contribution in [2.45, 2.75) is 38.1 Å². The van der Waals surface area contributed by atoms with Crippen LogP contribution in [0.3, 0.4) is 0 Å². The van der Waals surface area contributed by atoms with Crippen molar-refractivity contribution in [2.75, 3.05) is 32.5 Å². The molecule has 21 heavy (non-hydrogen) atoms. The summed E-state index contributed by atoms with van der Waals surface area (Å²) in [5, 5.41) is 6.27. The Morgan fingerprint density at radius 3 is 2.81 bits per heavy atom. The Labute approximate surface area is 126 Å². The molecule has 0 bridgehead atoms. The van der Waals surface area contributed by atoms with Gasteiger partial charge in [-0.25, -0.2) is 9.97 Å². The van der Waals surface area contributed by atoms with Crippen LogP contribution in [0.15, 0.2) is 12.4 Å². The van der Waals surface area contributed by atoms with Gasteiger partial charge in [0.05, 0.1) is 0 Å². The number of anilines is 1. The van der Waals surface area contributed by atoms with Gasteiger partial charge in [0.1, 0.15) is 17.8 Å². The highest BCUT2D eigenvalue weighted by Crippen LogP contribution is 2.21. The molecule has 1 amide bonds. The van der Waals surface area contributed by atoms with Crippen LogP contribution in [0, 0.1) is 0 Å². The Balaban J connectivity index is 1.82. The minimum absolute atomic E-state index is 0.134. The molecule has 1 fully saturated rings. The fourth-order valence-corrected chi connectivity index (χ4v) is 2.53. The van der Waals surface area contributed by atoms with Crippen LogP contribution in [0.4, 0.5) is 5.82 Å². The second-order valence-electron chi connectivity index (χ2n) is 5.83. The first-order valence-electron chi connectivity index (χ1n) is 7.66. The smallest absolute Gasteiger partial charge is 0.270 e. The fourth-order valence-electron chi connectivity index (χ4n) is 2.53. The quantitative estimate of drug-likeness (QED) is 0.745. The molecule has 0 spiro atoms. The maximum absolute atomic E-state index is 12.0. The molecule has 2 N–H and O–H groups in total. The lowest BCUT2D eigenvalue weighted by atomic mass is 10.2. The third-order valence-corrected chi connectivity index (χ3v) is 3.67. The second-order valence-corrected chi connectivity index (χ2v) is 5.83. The third-order valence-electron chi connectivity index (χ3n) is 3.67. The average molecular weight is 291 g/mol. The first kappa shape index (κ1) is 15.7. The van der Waals surface area contributed by atoms with Gasteiger partial charge in [-0.3, -0.25) is 4.79 Å². The van der Waals surface area contributed by atoms with Crippen molar-refractivity contribution in [2.24, 2.45) is 0 Å². The van der Waals surface area contributed by atoms with Gasteiger partial charge in [0.2, 0.25) is 0 Å². The molecule has 1 heterocycles. The van der Waals surface area contributed by atoms with Crippen molar-refractivity contribution in [3.63, 3.8) is 0 Å². The summed E-state index contributed by atoms with van der Waals surface area (Å²) in [6, 6.07) is 2.22. The SMILES string of the molecule is CN(C)CCCNC(=O)c1cc(NC2CCCC2)ncn1. The lowest BCUT2D eigenvalue weighted by molar-refractivity contribution is 0.0947. The van der Waals surface area contributed by atoms with E-state index in [1.165, 1.54) is 32.0 Å². The first-order chi connectivity index (χ1) is 10.1. The molecule has 1 aromatic rings. The molecule has 116 valence electrons. The molecular weight excluding hydrogens is 266 g/mol. The molecule has 0 unspecified atom stereocenters. The van der Waals surface area contributed by atoms with Crippen LogP contribution in [0.25, 0.3) is 0 Å². The van der Waals surface area contributed by atoms with Gasteiger partial charge in [0.25, 0.3) is 5.91 Å². The summed E-state index contributed by atoms with van der Waals surface area (Å²) in [4.78, 5) is 22.4. The largest absolute Gasteiger partial charge is 0.367 e. The Morgan fingerprint density at radius 1 is 1.33 bits per heavy atom. The van der Waals surface area contributed by atoms with Gasteiger partial charge in [-0.2, -0.15) is 0 Å². The van der Waals surface area contributed by atoms with Gasteiger partial charge in [-0.15, -0.1) is 0 Å². The molecule has 6 heteroatoms. The molecule has 1 aliphatic carbocycles. The molecule has 1 saturated carbocycles. The van der Waals surface area contributed by atoms with E-state index in [4.69, 9.17) is 0 Å². The monoisotopic (exact) mass is 291 g/mol. The van der Waals surface area contributed by atoms with Gasteiger partial charge in [-0.05, 0) is 39.9 Å². The Bertz CT molecular complexity index is 457. The lowest BCUT2D eigenvalue weighted by Crippen LogP contribution is -2.28. The van der Waals surface area contributed by atoms with E-state index >= 15 is 0 Å². The van der Waals surface area contributed by atoms with E-state index in [9.17, 15) is 4.79 Å². The Kier molecular flexibility index (Phi) is 5.92. The molecule has 2 rings (SSSR count). The highest BCUT2D eigenvalue weighted by atomic mass is 16.1. The van der Waals surface area contributed by atoms with Crippen LogP contribution >= 0.6 is 0 Å². The van der Waals surface area contributed by atoms with Crippen LogP contribution in [0.5, 0.6) is 0 Å². The summed E-state index contributed by atoms with van der Waals surface area (Å²) in [7, 11) is 4.04. The summed E-state index contributed by atoms with van der Waals surface area (Å²) in [6.45, 7) is 1.62. The van der Waals surface area contributed by atoms with E-state index < -0.39 is 0 Å². The zero-order valence-electron chi connectivity index (χ0n) is 12.9. The lowest BCUT2D eigenvalue weighted by Gasteiger charge is -2.13. The maximum Gasteiger partial charge on any atom is 0.270 e. The Morgan fingerprint density at radius 2 is 2.10 bits per heavy atom. The standard InChI is InChI=1S/C15H25N5O/c1-20(2)9-5-8-16-15(21)13-10-14(18-11-17-13)19-12-6-3-4-7-12/h10-12H,3-9H2,1-2H3,(H,16,21)(H,17,18,19). The first-order valence-corrected chi connectivity index (χ1v) is 7.66. The molecule has 0 saturated heterocycles. The maximum atomic E-state index is 12.0. The van der Waals surface area contributed by atoms with Crippen molar-refractivity contribution in [3.05, 3.63) is 18.1 Å². The van der Waals surface area contributed by atoms with Crippen LogP contribution < -0.4 is 10.6 Å². The van der Waals surface area contributed by atoms with E-state index in [-0.39, 0.29) is 5.91 Å². The highest BCUT2D eigenvalue weighted by molar-refractivity contribution is 5.92. The zero-order chi connectivity index (χ0) is 15.1. The van der Waals surface area contributed by atoms with Crippen LogP contribution in [0.1, 0.15) is 42.6 Å². The number of hydrogen-bond donors (Lipinski definition) is 2. The van der Waals surface area contributed by atoms with Crippen molar-refractivity contribution in [1.82, 2.24) is 20.2 Å². The molecule has 0 radical (unpaired) electrons. The summed E-state index contributed by atoms with van der Waals surface area (Å²) < 4.78 is 0. The number of rotatable bonds is 7. The molecule has 0 aromatic carbocycles. The van der Waals surface area contributed by atoms with Crippen molar-refractivity contribution < 1.29 is 4.79 Å². The number of carbonyl (C=O) groups excluding carboxylic acids is 1. The number of hydrogen-bond acceptors (Lipinski definition) is 5. The number of nitrogens with one attached hydrogen (secondary N) is 2. The van der Waals surface area contributed by atoms with E-state index in [0.717, 1.165) is 18.8 Å². The number of aromatic nitrogens is 2. The van der Waals surface area contributed by atoms with Crippen LogP contribution in [0.2, 0.25) is 0 Å². The van der Waals surface area contributed by atoms with Crippen molar-refractivity contribution in [3.8, 4) is 0 Å². The summed E-state index contributed by atoms with van der Waals surface area (Å²) in [5.41, 5.74) is 0.426. The molecule has 1 aliphatic rings. The summed E-state index contributed by atoms with van der Waals surface area (Å²) >= 11 is 0. The zero-order valence-corrected chi connectivity index (χ0v) is 12.9. The third kappa shape index (κ3) is 5.30. The topological polar surface area (TPSA) is 70.2 Å². The van der Waals surface area contributed by atoms with E-state index in [0.29, 0.717) is 18.3 Å². The van der Waals surface area contributed by atoms with Crippen LogP contribution in [-0.2, 0) is 0 Å². The second kappa shape index (κ2) is 7.93. The normalized spacial score (nSPS) is 15.4.